The van der Waals surface area contributed by atoms with Gasteiger partial charge in [0.2, 0.25) is 0 Å². The lowest BCUT2D eigenvalue weighted by atomic mass is 10.2. The Labute approximate surface area is 188 Å². The molecule has 4 nitrogen and oxygen atoms in total. The summed E-state index contributed by atoms with van der Waals surface area (Å²) in [4.78, 5) is 26.2. The largest absolute Gasteiger partial charge is 0.487 e. The number of unbranched alkanes of at least 4 members (excludes halogenated alkanes) is 1. The summed E-state index contributed by atoms with van der Waals surface area (Å²) in [6, 6.07) is 10.5. The molecule has 3 rings (SSSR count). The van der Waals surface area contributed by atoms with Crippen LogP contribution in [-0.2, 0) is 11.4 Å². The Morgan fingerprint density at radius 2 is 1.83 bits per heavy atom. The van der Waals surface area contributed by atoms with Crippen molar-refractivity contribution in [3.63, 3.8) is 0 Å². The minimum Gasteiger partial charge on any atom is -0.487 e. The summed E-state index contributed by atoms with van der Waals surface area (Å²) < 4.78 is 5.75. The van der Waals surface area contributed by atoms with E-state index in [1.54, 1.807) is 36.4 Å². The summed E-state index contributed by atoms with van der Waals surface area (Å²) in [5, 5.41) is 1.12. The van der Waals surface area contributed by atoms with Crippen molar-refractivity contribution in [3.8, 4) is 5.75 Å². The van der Waals surface area contributed by atoms with Gasteiger partial charge in [0.25, 0.3) is 11.1 Å². The zero-order chi connectivity index (χ0) is 21.0. The molecule has 0 radical (unpaired) electrons. The van der Waals surface area contributed by atoms with E-state index in [0.29, 0.717) is 32.3 Å². The van der Waals surface area contributed by atoms with Gasteiger partial charge in [-0.1, -0.05) is 60.3 Å². The number of imide groups is 1. The van der Waals surface area contributed by atoms with Gasteiger partial charge in [0.05, 0.1) is 20.0 Å². The summed E-state index contributed by atoms with van der Waals surface area (Å²) in [6.45, 7) is 2.75. The standard InChI is InChI=1S/C21H18Cl3NO3S/c1-2-3-8-25-20(26)19(29-21(25)27)11-13-5-7-18(17(24)9-13)28-12-14-4-6-15(22)16(23)10-14/h4-7,9-11H,2-3,8,12H2,1H3/b19-11-. The molecule has 2 aromatic carbocycles. The van der Waals surface area contributed by atoms with E-state index in [9.17, 15) is 9.59 Å². The number of carbonyl (C=O) groups is 2. The Bertz CT molecular complexity index is 978. The molecule has 0 atom stereocenters. The second-order valence-electron chi connectivity index (χ2n) is 6.41. The quantitative estimate of drug-likeness (QED) is 0.406. The maximum atomic E-state index is 12.4. The van der Waals surface area contributed by atoms with Crippen molar-refractivity contribution in [1.82, 2.24) is 4.90 Å². The second-order valence-corrected chi connectivity index (χ2v) is 8.63. The van der Waals surface area contributed by atoms with Crippen LogP contribution in [0, 0.1) is 0 Å². The van der Waals surface area contributed by atoms with Gasteiger partial charge >= 0.3 is 0 Å². The van der Waals surface area contributed by atoms with Crippen LogP contribution in [0.15, 0.2) is 41.3 Å². The lowest BCUT2D eigenvalue weighted by molar-refractivity contribution is -0.122. The molecule has 0 unspecified atom stereocenters. The first-order valence-electron chi connectivity index (χ1n) is 9.00. The highest BCUT2D eigenvalue weighted by molar-refractivity contribution is 8.18. The number of rotatable bonds is 7. The third kappa shape index (κ3) is 5.48. The molecule has 1 fully saturated rings. The van der Waals surface area contributed by atoms with Crippen LogP contribution in [0.1, 0.15) is 30.9 Å². The molecule has 0 N–H and O–H groups in total. The minimum absolute atomic E-state index is 0.234. The van der Waals surface area contributed by atoms with E-state index in [-0.39, 0.29) is 17.8 Å². The second kappa shape index (κ2) is 9.90. The Hall–Kier alpha value is -1.66. The van der Waals surface area contributed by atoms with Gasteiger partial charge in [0.15, 0.2) is 0 Å². The average Bonchev–Trinajstić information content (AvgIpc) is 2.95. The van der Waals surface area contributed by atoms with Crippen molar-refractivity contribution in [2.45, 2.75) is 26.4 Å². The monoisotopic (exact) mass is 469 g/mol. The maximum Gasteiger partial charge on any atom is 0.293 e. The molecule has 2 amide bonds. The summed E-state index contributed by atoms with van der Waals surface area (Å²) in [5.74, 6) is 0.246. The van der Waals surface area contributed by atoms with Crippen molar-refractivity contribution in [3.05, 3.63) is 67.5 Å². The molecular weight excluding hydrogens is 453 g/mol. The van der Waals surface area contributed by atoms with Crippen molar-refractivity contribution >= 4 is 63.8 Å². The first-order chi connectivity index (χ1) is 13.9. The first-order valence-corrected chi connectivity index (χ1v) is 11.0. The van der Waals surface area contributed by atoms with Crippen LogP contribution < -0.4 is 4.74 Å². The third-order valence-corrected chi connectivity index (χ3v) is 6.18. The molecule has 8 heteroatoms. The van der Waals surface area contributed by atoms with Crippen molar-refractivity contribution < 1.29 is 14.3 Å². The van der Waals surface area contributed by atoms with Crippen LogP contribution in [0.5, 0.6) is 5.75 Å². The molecule has 0 aliphatic carbocycles. The van der Waals surface area contributed by atoms with E-state index < -0.39 is 0 Å². The number of hydrogen-bond acceptors (Lipinski definition) is 4. The van der Waals surface area contributed by atoms with Crippen LogP contribution in [0.4, 0.5) is 4.79 Å². The van der Waals surface area contributed by atoms with E-state index >= 15 is 0 Å². The molecule has 1 heterocycles. The van der Waals surface area contributed by atoms with Gasteiger partial charge in [-0.25, -0.2) is 0 Å². The summed E-state index contributed by atoms with van der Waals surface area (Å²) >= 11 is 19.2. The van der Waals surface area contributed by atoms with E-state index in [1.165, 1.54) is 4.90 Å². The average molecular weight is 471 g/mol. The molecule has 0 bridgehead atoms. The van der Waals surface area contributed by atoms with Gasteiger partial charge in [-0.05, 0) is 59.7 Å². The molecule has 152 valence electrons. The molecule has 29 heavy (non-hydrogen) atoms. The van der Waals surface area contributed by atoms with E-state index in [2.05, 4.69) is 0 Å². The first kappa shape index (κ1) is 22.0. The molecule has 1 aliphatic heterocycles. The molecule has 1 aliphatic rings. The maximum absolute atomic E-state index is 12.4. The number of amides is 2. The van der Waals surface area contributed by atoms with Crippen molar-refractivity contribution in [1.29, 1.82) is 0 Å². The van der Waals surface area contributed by atoms with Crippen molar-refractivity contribution in [2.75, 3.05) is 6.54 Å². The predicted octanol–water partition coefficient (Wildman–Crippen LogP) is 7.06. The lowest BCUT2D eigenvalue weighted by Crippen LogP contribution is -2.29. The van der Waals surface area contributed by atoms with Gasteiger partial charge in [0, 0.05) is 6.54 Å². The normalized spacial score (nSPS) is 15.4. The number of ether oxygens (including phenoxy) is 1. The summed E-state index contributed by atoms with van der Waals surface area (Å²) in [5.41, 5.74) is 1.58. The minimum atomic E-state index is -0.260. The zero-order valence-corrected chi connectivity index (χ0v) is 18.7. The highest BCUT2D eigenvalue weighted by atomic mass is 35.5. The topological polar surface area (TPSA) is 46.6 Å². The van der Waals surface area contributed by atoms with Crippen LogP contribution in [0.3, 0.4) is 0 Å². The number of hydrogen-bond donors (Lipinski definition) is 0. The molecule has 0 spiro atoms. The number of nitrogens with zero attached hydrogens (tertiary/aromatic N) is 1. The fourth-order valence-electron chi connectivity index (χ4n) is 2.67. The molecular formula is C21H18Cl3NO3S. The Morgan fingerprint density at radius 3 is 2.52 bits per heavy atom. The Kier molecular flexibility index (Phi) is 7.52. The molecule has 0 aromatic heterocycles. The van der Waals surface area contributed by atoms with E-state index in [0.717, 1.165) is 35.7 Å². The smallest absolute Gasteiger partial charge is 0.293 e. The van der Waals surface area contributed by atoms with Gasteiger partial charge in [-0.2, -0.15) is 0 Å². The van der Waals surface area contributed by atoms with E-state index in [4.69, 9.17) is 39.5 Å². The van der Waals surface area contributed by atoms with Crippen LogP contribution >= 0.6 is 46.6 Å². The fourth-order valence-corrected chi connectivity index (χ4v) is 4.10. The Morgan fingerprint density at radius 1 is 1.03 bits per heavy atom. The van der Waals surface area contributed by atoms with Crippen LogP contribution in [0.25, 0.3) is 6.08 Å². The zero-order valence-electron chi connectivity index (χ0n) is 15.6. The highest BCUT2D eigenvalue weighted by Crippen LogP contribution is 2.34. The number of benzene rings is 2. The van der Waals surface area contributed by atoms with E-state index in [1.807, 2.05) is 13.0 Å². The molecule has 1 saturated heterocycles. The number of carbonyl (C=O) groups excluding carboxylic acids is 2. The van der Waals surface area contributed by atoms with Gasteiger partial charge < -0.3 is 4.74 Å². The van der Waals surface area contributed by atoms with Gasteiger partial charge in [0.1, 0.15) is 12.4 Å². The van der Waals surface area contributed by atoms with Gasteiger partial charge in [-0.3, -0.25) is 14.5 Å². The molecule has 0 saturated carbocycles. The highest BCUT2D eigenvalue weighted by Gasteiger charge is 2.34. The summed E-state index contributed by atoms with van der Waals surface area (Å²) in [6.07, 6.45) is 3.38. The third-order valence-electron chi connectivity index (χ3n) is 4.24. The SMILES string of the molecule is CCCCN1C(=O)S/C(=C\c2ccc(OCc3ccc(Cl)c(Cl)c3)c(Cl)c2)C1=O. The summed E-state index contributed by atoms with van der Waals surface area (Å²) in [7, 11) is 0. The lowest BCUT2D eigenvalue weighted by Gasteiger charge is -2.11. The molecule has 2 aromatic rings. The van der Waals surface area contributed by atoms with Crippen molar-refractivity contribution in [2.24, 2.45) is 0 Å². The van der Waals surface area contributed by atoms with Crippen LogP contribution in [0.2, 0.25) is 15.1 Å². The number of halogens is 3. The predicted molar refractivity (Wildman–Crippen MR) is 120 cm³/mol. The number of thioether (sulfide) groups is 1. The Balaban J connectivity index is 1.69. The van der Waals surface area contributed by atoms with Crippen LogP contribution in [-0.4, -0.2) is 22.6 Å². The van der Waals surface area contributed by atoms with Gasteiger partial charge in [-0.15, -0.1) is 0 Å². The fraction of sp³-hybridized carbons (Fsp3) is 0.238.